The van der Waals surface area contributed by atoms with Crippen LogP contribution < -0.4 is 10.1 Å². The van der Waals surface area contributed by atoms with Gasteiger partial charge in [-0.3, -0.25) is 4.79 Å². The van der Waals surface area contributed by atoms with E-state index in [9.17, 15) is 4.79 Å². The van der Waals surface area contributed by atoms with E-state index < -0.39 is 0 Å². The van der Waals surface area contributed by atoms with E-state index >= 15 is 0 Å². The molecule has 0 radical (unpaired) electrons. The molecule has 2 rings (SSSR count). The van der Waals surface area contributed by atoms with Crippen molar-refractivity contribution in [2.75, 3.05) is 19.8 Å². The molecule has 0 saturated carbocycles. The Morgan fingerprint density at radius 3 is 3.11 bits per heavy atom. The quantitative estimate of drug-likeness (QED) is 0.858. The smallest absolute Gasteiger partial charge is 0.252 e. The lowest BCUT2D eigenvalue weighted by Crippen LogP contribution is -2.24. The number of hydrogen-bond acceptors (Lipinski definition) is 4. The molecular weight excluding hydrogens is 232 g/mol. The summed E-state index contributed by atoms with van der Waals surface area (Å²) in [6, 6.07) is 3.45. The molecule has 2 heterocycles. The van der Waals surface area contributed by atoms with E-state index in [2.05, 4.69) is 10.3 Å². The summed E-state index contributed by atoms with van der Waals surface area (Å²) in [5, 5.41) is 2.80. The van der Waals surface area contributed by atoms with Crippen LogP contribution >= 0.6 is 0 Å². The second kappa shape index (κ2) is 6.35. The predicted octanol–water partition coefficient (Wildman–Crippen LogP) is 1.39. The van der Waals surface area contributed by atoms with Gasteiger partial charge in [-0.15, -0.1) is 0 Å². The van der Waals surface area contributed by atoms with Crippen LogP contribution in [-0.4, -0.2) is 36.8 Å². The van der Waals surface area contributed by atoms with Crippen molar-refractivity contribution in [2.45, 2.75) is 25.9 Å². The maximum Gasteiger partial charge on any atom is 0.252 e. The third-order valence-electron chi connectivity index (χ3n) is 2.71. The summed E-state index contributed by atoms with van der Waals surface area (Å²) >= 11 is 0. The fourth-order valence-corrected chi connectivity index (χ4v) is 1.70. The normalized spacial score (nSPS) is 18.6. The molecule has 1 aromatic heterocycles. The number of carbonyl (C=O) groups excluding carboxylic acids is 1. The first-order valence-electron chi connectivity index (χ1n) is 6.28. The van der Waals surface area contributed by atoms with Crippen LogP contribution in [0.4, 0.5) is 0 Å². The predicted molar refractivity (Wildman–Crippen MR) is 66.7 cm³/mol. The molecule has 1 amide bonds. The van der Waals surface area contributed by atoms with Crippen LogP contribution in [0.25, 0.3) is 0 Å². The Bertz CT molecular complexity index is 386. The number of nitrogens with one attached hydrogen (secondary N) is 1. The van der Waals surface area contributed by atoms with E-state index in [0.717, 1.165) is 19.4 Å². The van der Waals surface area contributed by atoms with Gasteiger partial charge in [-0.05, 0) is 12.5 Å². The number of hydrogen-bond donors (Lipinski definition) is 1. The summed E-state index contributed by atoms with van der Waals surface area (Å²) in [6.07, 6.45) is 3.43. The molecule has 0 bridgehead atoms. The minimum atomic E-state index is -0.0971. The number of aromatic nitrogens is 1. The Labute approximate surface area is 107 Å². The Kier molecular flexibility index (Phi) is 4.52. The molecule has 1 aliphatic rings. The number of pyridine rings is 1. The standard InChI is InChI=1S/C13H18N2O3/c1-2-6-14-13(16)10-3-4-12(15-8-10)18-11-5-7-17-9-11/h3-4,8,11H,2,5-7,9H2,1H3,(H,14,16). The number of amides is 1. The SMILES string of the molecule is CCCNC(=O)c1ccc(OC2CCOC2)nc1. The van der Waals surface area contributed by atoms with Gasteiger partial charge in [0.2, 0.25) is 5.88 Å². The van der Waals surface area contributed by atoms with E-state index in [1.54, 1.807) is 12.1 Å². The summed E-state index contributed by atoms with van der Waals surface area (Å²) in [5.41, 5.74) is 0.554. The highest BCUT2D eigenvalue weighted by Crippen LogP contribution is 2.14. The largest absolute Gasteiger partial charge is 0.472 e. The highest BCUT2D eigenvalue weighted by Gasteiger charge is 2.17. The van der Waals surface area contributed by atoms with E-state index in [-0.39, 0.29) is 12.0 Å². The van der Waals surface area contributed by atoms with Gasteiger partial charge in [0.25, 0.3) is 5.91 Å². The van der Waals surface area contributed by atoms with Gasteiger partial charge in [-0.2, -0.15) is 0 Å². The summed E-state index contributed by atoms with van der Waals surface area (Å²) in [4.78, 5) is 15.8. The van der Waals surface area contributed by atoms with Gasteiger partial charge < -0.3 is 14.8 Å². The molecule has 1 N–H and O–H groups in total. The van der Waals surface area contributed by atoms with Gasteiger partial charge in [-0.25, -0.2) is 4.98 Å². The molecular formula is C13H18N2O3. The second-order valence-electron chi connectivity index (χ2n) is 4.24. The number of carbonyl (C=O) groups is 1. The topological polar surface area (TPSA) is 60.5 Å². The Morgan fingerprint density at radius 1 is 1.61 bits per heavy atom. The van der Waals surface area contributed by atoms with Crippen LogP contribution in [-0.2, 0) is 4.74 Å². The fraction of sp³-hybridized carbons (Fsp3) is 0.538. The molecule has 98 valence electrons. The molecule has 1 aromatic rings. The fourth-order valence-electron chi connectivity index (χ4n) is 1.70. The first kappa shape index (κ1) is 12.8. The van der Waals surface area contributed by atoms with Crippen molar-refractivity contribution in [2.24, 2.45) is 0 Å². The molecule has 1 unspecified atom stereocenters. The van der Waals surface area contributed by atoms with Crippen LogP contribution in [0.2, 0.25) is 0 Å². The van der Waals surface area contributed by atoms with Crippen LogP contribution in [0.15, 0.2) is 18.3 Å². The minimum Gasteiger partial charge on any atom is -0.472 e. The lowest BCUT2D eigenvalue weighted by atomic mass is 10.2. The number of rotatable bonds is 5. The van der Waals surface area contributed by atoms with Gasteiger partial charge in [0.15, 0.2) is 0 Å². The van der Waals surface area contributed by atoms with Crippen LogP contribution in [0.5, 0.6) is 5.88 Å². The lowest BCUT2D eigenvalue weighted by molar-refractivity contribution is 0.0953. The van der Waals surface area contributed by atoms with Gasteiger partial charge >= 0.3 is 0 Å². The third-order valence-corrected chi connectivity index (χ3v) is 2.71. The average Bonchev–Trinajstić information content (AvgIpc) is 2.89. The highest BCUT2D eigenvalue weighted by atomic mass is 16.5. The van der Waals surface area contributed by atoms with E-state index in [1.165, 1.54) is 6.20 Å². The van der Waals surface area contributed by atoms with Gasteiger partial charge in [0.05, 0.1) is 18.8 Å². The van der Waals surface area contributed by atoms with Crippen molar-refractivity contribution in [3.63, 3.8) is 0 Å². The van der Waals surface area contributed by atoms with E-state index in [4.69, 9.17) is 9.47 Å². The van der Waals surface area contributed by atoms with Crippen LogP contribution in [0, 0.1) is 0 Å². The third kappa shape index (κ3) is 3.43. The van der Waals surface area contributed by atoms with Crippen molar-refractivity contribution in [1.82, 2.24) is 10.3 Å². The van der Waals surface area contributed by atoms with E-state index in [0.29, 0.717) is 24.6 Å². The monoisotopic (exact) mass is 250 g/mol. The van der Waals surface area contributed by atoms with Crippen molar-refractivity contribution in [3.05, 3.63) is 23.9 Å². The summed E-state index contributed by atoms with van der Waals surface area (Å²) in [6.45, 7) is 4.04. The molecule has 5 nitrogen and oxygen atoms in total. The average molecular weight is 250 g/mol. The zero-order valence-corrected chi connectivity index (χ0v) is 10.5. The van der Waals surface area contributed by atoms with Gasteiger partial charge in [-0.1, -0.05) is 6.92 Å². The summed E-state index contributed by atoms with van der Waals surface area (Å²) < 4.78 is 10.8. The number of ether oxygens (including phenoxy) is 2. The van der Waals surface area contributed by atoms with Gasteiger partial charge in [0, 0.05) is 25.2 Å². The summed E-state index contributed by atoms with van der Waals surface area (Å²) in [7, 11) is 0. The molecule has 0 spiro atoms. The maximum absolute atomic E-state index is 11.6. The maximum atomic E-state index is 11.6. The van der Waals surface area contributed by atoms with E-state index in [1.807, 2.05) is 6.92 Å². The molecule has 1 aliphatic heterocycles. The molecule has 1 atom stereocenters. The second-order valence-corrected chi connectivity index (χ2v) is 4.24. The molecule has 1 fully saturated rings. The van der Waals surface area contributed by atoms with Crippen molar-refractivity contribution >= 4 is 5.91 Å². The van der Waals surface area contributed by atoms with Crippen molar-refractivity contribution in [3.8, 4) is 5.88 Å². The zero-order valence-electron chi connectivity index (χ0n) is 10.5. The van der Waals surface area contributed by atoms with Crippen molar-refractivity contribution in [1.29, 1.82) is 0 Å². The lowest BCUT2D eigenvalue weighted by Gasteiger charge is -2.10. The zero-order chi connectivity index (χ0) is 12.8. The highest BCUT2D eigenvalue weighted by molar-refractivity contribution is 5.93. The van der Waals surface area contributed by atoms with Crippen LogP contribution in [0.3, 0.4) is 0 Å². The van der Waals surface area contributed by atoms with Crippen LogP contribution in [0.1, 0.15) is 30.1 Å². The Morgan fingerprint density at radius 2 is 2.50 bits per heavy atom. The Hall–Kier alpha value is -1.62. The molecule has 0 aliphatic carbocycles. The van der Waals surface area contributed by atoms with Crippen molar-refractivity contribution < 1.29 is 14.3 Å². The Balaban J connectivity index is 1.90. The summed E-state index contributed by atoms with van der Waals surface area (Å²) in [5.74, 6) is 0.442. The molecule has 18 heavy (non-hydrogen) atoms. The molecule has 0 aromatic carbocycles. The minimum absolute atomic E-state index is 0.0808. The first-order chi connectivity index (χ1) is 8.79. The van der Waals surface area contributed by atoms with Gasteiger partial charge in [0.1, 0.15) is 6.10 Å². The molecule has 5 heteroatoms. The molecule has 1 saturated heterocycles. The number of nitrogens with zero attached hydrogens (tertiary/aromatic N) is 1. The first-order valence-corrected chi connectivity index (χ1v) is 6.28.